The summed E-state index contributed by atoms with van der Waals surface area (Å²) in [6.07, 6.45) is 2.83. The van der Waals surface area contributed by atoms with E-state index in [9.17, 15) is 9.18 Å². The molecule has 0 amide bonds. The van der Waals surface area contributed by atoms with Crippen molar-refractivity contribution in [1.82, 2.24) is 0 Å². The van der Waals surface area contributed by atoms with Crippen LogP contribution in [-0.4, -0.2) is 5.78 Å². The minimum atomic E-state index is -0.397. The lowest BCUT2D eigenvalue weighted by Crippen LogP contribution is -2.42. The summed E-state index contributed by atoms with van der Waals surface area (Å²) in [5.41, 5.74) is 1.83. The van der Waals surface area contributed by atoms with Crippen LogP contribution in [0.3, 0.4) is 0 Å². The molecule has 20 heavy (non-hydrogen) atoms. The van der Waals surface area contributed by atoms with Gasteiger partial charge in [0, 0.05) is 5.56 Å². The molecule has 3 rings (SSSR count). The summed E-state index contributed by atoms with van der Waals surface area (Å²) in [6.45, 7) is 1.70. The maximum absolute atomic E-state index is 13.4. The molecule has 1 saturated carbocycles. The molecule has 1 fully saturated rings. The number of carbonyl (C=O) groups excluding carboxylic acids is 1. The van der Waals surface area contributed by atoms with Crippen molar-refractivity contribution in [3.05, 3.63) is 71.0 Å². The molecule has 2 heteroatoms. The first-order chi connectivity index (χ1) is 9.63. The molecule has 0 aliphatic heterocycles. The van der Waals surface area contributed by atoms with Gasteiger partial charge in [-0.2, -0.15) is 0 Å². The van der Waals surface area contributed by atoms with Gasteiger partial charge in [0.1, 0.15) is 5.82 Å². The van der Waals surface area contributed by atoms with Crippen LogP contribution >= 0.6 is 0 Å². The molecule has 0 unspecified atom stereocenters. The van der Waals surface area contributed by atoms with Gasteiger partial charge in [-0.15, -0.1) is 0 Å². The fraction of sp³-hybridized carbons (Fsp3) is 0.278. The van der Waals surface area contributed by atoms with Crippen LogP contribution in [0.25, 0.3) is 0 Å². The Kier molecular flexibility index (Phi) is 3.17. The quantitative estimate of drug-likeness (QED) is 0.752. The number of hydrogen-bond donors (Lipinski definition) is 0. The smallest absolute Gasteiger partial charge is 0.173 e. The number of benzene rings is 2. The monoisotopic (exact) mass is 268 g/mol. The Morgan fingerprint density at radius 1 is 1.10 bits per heavy atom. The van der Waals surface area contributed by atoms with Gasteiger partial charge in [0.05, 0.1) is 5.41 Å². The van der Waals surface area contributed by atoms with Crippen LogP contribution in [-0.2, 0) is 5.41 Å². The van der Waals surface area contributed by atoms with Crippen LogP contribution in [0.15, 0.2) is 48.5 Å². The highest BCUT2D eigenvalue weighted by Crippen LogP contribution is 2.46. The van der Waals surface area contributed by atoms with E-state index in [0.29, 0.717) is 11.1 Å². The molecule has 0 bridgehead atoms. The minimum Gasteiger partial charge on any atom is -0.293 e. The molecule has 0 N–H and O–H groups in total. The highest BCUT2D eigenvalue weighted by molar-refractivity contribution is 6.04. The second-order valence-electron chi connectivity index (χ2n) is 5.59. The number of rotatable bonds is 3. The third-order valence-electron chi connectivity index (χ3n) is 4.39. The van der Waals surface area contributed by atoms with Crippen molar-refractivity contribution in [2.45, 2.75) is 31.6 Å². The molecule has 2 aromatic rings. The summed E-state index contributed by atoms with van der Waals surface area (Å²) in [6, 6.07) is 14.6. The van der Waals surface area contributed by atoms with Crippen molar-refractivity contribution in [3.63, 3.8) is 0 Å². The van der Waals surface area contributed by atoms with Gasteiger partial charge >= 0.3 is 0 Å². The Balaban J connectivity index is 2.01. The van der Waals surface area contributed by atoms with Gasteiger partial charge in [0.2, 0.25) is 0 Å². The SMILES string of the molecule is Cc1cc(C(=O)C2(c3ccccc3)CCC2)ccc1F. The van der Waals surface area contributed by atoms with E-state index >= 15 is 0 Å². The van der Waals surface area contributed by atoms with Crippen LogP contribution in [0, 0.1) is 12.7 Å². The largest absolute Gasteiger partial charge is 0.293 e. The maximum Gasteiger partial charge on any atom is 0.173 e. The maximum atomic E-state index is 13.4. The van der Waals surface area contributed by atoms with Crippen molar-refractivity contribution in [1.29, 1.82) is 0 Å². The zero-order valence-corrected chi connectivity index (χ0v) is 11.5. The van der Waals surface area contributed by atoms with Gasteiger partial charge in [-0.3, -0.25) is 4.79 Å². The lowest BCUT2D eigenvalue weighted by Gasteiger charge is -2.41. The van der Waals surface area contributed by atoms with Crippen molar-refractivity contribution < 1.29 is 9.18 Å². The number of ketones is 1. The molecule has 0 heterocycles. The molecular weight excluding hydrogens is 251 g/mol. The summed E-state index contributed by atoms with van der Waals surface area (Å²) in [5, 5.41) is 0. The van der Waals surface area contributed by atoms with E-state index in [1.807, 2.05) is 30.3 Å². The summed E-state index contributed by atoms with van der Waals surface area (Å²) >= 11 is 0. The standard InChI is InChI=1S/C18H17FO/c1-13-12-14(8-9-16(13)19)17(20)18(10-5-11-18)15-6-3-2-4-7-15/h2-4,6-9,12H,5,10-11H2,1H3. The van der Waals surface area contributed by atoms with E-state index in [4.69, 9.17) is 0 Å². The molecule has 102 valence electrons. The minimum absolute atomic E-state index is 0.123. The number of carbonyl (C=O) groups is 1. The van der Waals surface area contributed by atoms with Gasteiger partial charge in [-0.05, 0) is 49.1 Å². The van der Waals surface area contributed by atoms with Crippen LogP contribution < -0.4 is 0 Å². The number of hydrogen-bond acceptors (Lipinski definition) is 1. The van der Waals surface area contributed by atoms with E-state index < -0.39 is 5.41 Å². The predicted molar refractivity (Wildman–Crippen MR) is 77.4 cm³/mol. The van der Waals surface area contributed by atoms with E-state index in [1.54, 1.807) is 19.1 Å². The molecule has 1 nitrogen and oxygen atoms in total. The van der Waals surface area contributed by atoms with Crippen LogP contribution in [0.2, 0.25) is 0 Å². The number of Topliss-reactive ketones (excluding diaryl/α,β-unsaturated/α-hetero) is 1. The third kappa shape index (κ3) is 1.96. The van der Waals surface area contributed by atoms with E-state index in [2.05, 4.69) is 0 Å². The normalized spacial score (nSPS) is 16.5. The molecule has 0 aromatic heterocycles. The Morgan fingerprint density at radius 3 is 2.35 bits per heavy atom. The fourth-order valence-electron chi connectivity index (χ4n) is 3.00. The van der Waals surface area contributed by atoms with Crippen LogP contribution in [0.4, 0.5) is 4.39 Å². The van der Waals surface area contributed by atoms with Crippen LogP contribution in [0.5, 0.6) is 0 Å². The molecule has 0 atom stereocenters. The topological polar surface area (TPSA) is 17.1 Å². The first kappa shape index (κ1) is 13.0. The summed E-state index contributed by atoms with van der Waals surface area (Å²) in [5.74, 6) is -0.137. The van der Waals surface area contributed by atoms with Crippen molar-refractivity contribution in [2.24, 2.45) is 0 Å². The van der Waals surface area contributed by atoms with Crippen molar-refractivity contribution in [2.75, 3.05) is 0 Å². The molecule has 1 aliphatic rings. The Hall–Kier alpha value is -1.96. The molecule has 0 saturated heterocycles. The van der Waals surface area contributed by atoms with Gasteiger partial charge in [-0.25, -0.2) is 4.39 Å². The zero-order valence-electron chi connectivity index (χ0n) is 11.5. The second kappa shape index (κ2) is 4.86. The fourth-order valence-corrected chi connectivity index (χ4v) is 3.00. The molecule has 0 spiro atoms. The molecule has 1 aliphatic carbocycles. The number of aryl methyl sites for hydroxylation is 1. The third-order valence-corrected chi connectivity index (χ3v) is 4.39. The average molecular weight is 268 g/mol. The van der Waals surface area contributed by atoms with Crippen LogP contribution in [0.1, 0.15) is 40.7 Å². The summed E-state index contributed by atoms with van der Waals surface area (Å²) in [7, 11) is 0. The molecular formula is C18H17FO. The van der Waals surface area contributed by atoms with Gasteiger partial charge in [0.25, 0.3) is 0 Å². The van der Waals surface area contributed by atoms with Gasteiger partial charge in [-0.1, -0.05) is 36.8 Å². The van der Waals surface area contributed by atoms with E-state index in [-0.39, 0.29) is 11.6 Å². The Bertz CT molecular complexity index is 642. The van der Waals surface area contributed by atoms with E-state index in [1.165, 1.54) is 6.07 Å². The summed E-state index contributed by atoms with van der Waals surface area (Å²) in [4.78, 5) is 12.9. The second-order valence-corrected chi connectivity index (χ2v) is 5.59. The van der Waals surface area contributed by atoms with Crippen molar-refractivity contribution in [3.8, 4) is 0 Å². The summed E-state index contributed by atoms with van der Waals surface area (Å²) < 4.78 is 13.4. The zero-order chi connectivity index (χ0) is 14.2. The highest BCUT2D eigenvalue weighted by atomic mass is 19.1. The first-order valence-corrected chi connectivity index (χ1v) is 7.00. The average Bonchev–Trinajstić information content (AvgIpc) is 2.42. The highest BCUT2D eigenvalue weighted by Gasteiger charge is 2.45. The Labute approximate surface area is 118 Å². The van der Waals surface area contributed by atoms with Gasteiger partial charge < -0.3 is 0 Å². The lowest BCUT2D eigenvalue weighted by molar-refractivity contribution is 0.0788. The van der Waals surface area contributed by atoms with Gasteiger partial charge in [0.15, 0.2) is 5.78 Å². The Morgan fingerprint density at radius 2 is 1.80 bits per heavy atom. The molecule has 0 radical (unpaired) electrons. The van der Waals surface area contributed by atoms with Crippen molar-refractivity contribution >= 4 is 5.78 Å². The number of halogens is 1. The van der Waals surface area contributed by atoms with E-state index in [0.717, 1.165) is 24.8 Å². The first-order valence-electron chi connectivity index (χ1n) is 7.00. The molecule has 2 aromatic carbocycles. The lowest BCUT2D eigenvalue weighted by atomic mass is 9.60. The predicted octanol–water partition coefficient (Wildman–Crippen LogP) is 4.44.